The molecule has 0 radical (unpaired) electrons. The van der Waals surface area contributed by atoms with Crippen molar-refractivity contribution in [3.8, 4) is 0 Å². The molecule has 1 rings (SSSR count). The Kier molecular flexibility index (Phi) is 4.98. The highest BCUT2D eigenvalue weighted by atomic mass is 32.2. The van der Waals surface area contributed by atoms with E-state index >= 15 is 0 Å². The van der Waals surface area contributed by atoms with Crippen molar-refractivity contribution in [1.82, 2.24) is 5.32 Å². The summed E-state index contributed by atoms with van der Waals surface area (Å²) in [4.78, 5) is 0. The highest BCUT2D eigenvalue weighted by Crippen LogP contribution is 2.45. The molecule has 0 aliphatic heterocycles. The molecule has 1 nitrogen and oxygen atoms in total. The minimum absolute atomic E-state index is 0.116. The van der Waals surface area contributed by atoms with Gasteiger partial charge >= 0.3 is 5.51 Å². The van der Waals surface area contributed by atoms with Gasteiger partial charge in [-0.2, -0.15) is 13.2 Å². The second kappa shape index (κ2) is 5.63. The number of hydrogen-bond donors (Lipinski definition) is 1. The molecule has 16 heavy (non-hydrogen) atoms. The van der Waals surface area contributed by atoms with Gasteiger partial charge in [-0.1, -0.05) is 32.0 Å². The highest BCUT2D eigenvalue weighted by Gasteiger charge is 2.37. The minimum Gasteiger partial charge on any atom is -0.314 e. The zero-order valence-electron chi connectivity index (χ0n) is 9.86. The average Bonchev–Trinajstić information content (AvgIpc) is 2.05. The average molecular weight is 255 g/mol. The van der Waals surface area contributed by atoms with Gasteiger partial charge in [0, 0.05) is 18.3 Å². The number of nitrogens with one attached hydrogen (secondary N) is 1. The Morgan fingerprint density at radius 1 is 1.31 bits per heavy atom. The van der Waals surface area contributed by atoms with Crippen molar-refractivity contribution < 1.29 is 13.2 Å². The van der Waals surface area contributed by atoms with E-state index in [-0.39, 0.29) is 22.9 Å². The van der Waals surface area contributed by atoms with Gasteiger partial charge in [0.05, 0.1) is 0 Å². The first-order chi connectivity index (χ1) is 7.33. The van der Waals surface area contributed by atoms with Crippen LogP contribution in [-0.4, -0.2) is 23.8 Å². The third-order valence-electron chi connectivity index (χ3n) is 3.20. The lowest BCUT2D eigenvalue weighted by Gasteiger charge is -2.43. The summed E-state index contributed by atoms with van der Waals surface area (Å²) in [5.74, 6) is 0.198. The van der Waals surface area contributed by atoms with Crippen LogP contribution in [0.3, 0.4) is 0 Å². The van der Waals surface area contributed by atoms with Crippen LogP contribution in [0, 0.1) is 5.41 Å². The van der Waals surface area contributed by atoms with Gasteiger partial charge in [-0.15, -0.1) is 0 Å². The summed E-state index contributed by atoms with van der Waals surface area (Å²) in [5.41, 5.74) is -3.93. The third kappa shape index (κ3) is 4.95. The zero-order valence-corrected chi connectivity index (χ0v) is 10.7. The van der Waals surface area contributed by atoms with Crippen molar-refractivity contribution in [2.45, 2.75) is 51.1 Å². The Hall–Kier alpha value is 0.100. The van der Waals surface area contributed by atoms with Gasteiger partial charge in [-0.3, -0.25) is 0 Å². The lowest BCUT2D eigenvalue weighted by molar-refractivity contribution is -0.0330. The second-order valence-corrected chi connectivity index (χ2v) is 6.09. The van der Waals surface area contributed by atoms with Crippen molar-refractivity contribution in [3.63, 3.8) is 0 Å². The molecular weight excluding hydrogens is 235 g/mol. The predicted octanol–water partition coefficient (Wildman–Crippen LogP) is 3.80. The summed E-state index contributed by atoms with van der Waals surface area (Å²) in [6.07, 6.45) is 3.99. The molecule has 0 bridgehead atoms. The quantitative estimate of drug-likeness (QED) is 0.775. The summed E-state index contributed by atoms with van der Waals surface area (Å²) in [5, 5.41) is 3.35. The highest BCUT2D eigenvalue weighted by molar-refractivity contribution is 8.00. The molecule has 0 aromatic heterocycles. The van der Waals surface area contributed by atoms with Crippen LogP contribution in [0.25, 0.3) is 0 Å². The molecule has 0 atom stereocenters. The van der Waals surface area contributed by atoms with E-state index in [1.807, 2.05) is 0 Å². The molecule has 1 aliphatic carbocycles. The first kappa shape index (κ1) is 14.2. The summed E-state index contributed by atoms with van der Waals surface area (Å²) < 4.78 is 36.0. The smallest absolute Gasteiger partial charge is 0.314 e. The number of rotatable bonds is 6. The van der Waals surface area contributed by atoms with Gasteiger partial charge in [0.15, 0.2) is 0 Å². The van der Waals surface area contributed by atoms with Gasteiger partial charge in [-0.25, -0.2) is 0 Å². The van der Waals surface area contributed by atoms with Gasteiger partial charge < -0.3 is 5.32 Å². The van der Waals surface area contributed by atoms with E-state index in [2.05, 4.69) is 19.2 Å². The largest absolute Gasteiger partial charge is 0.441 e. The summed E-state index contributed by atoms with van der Waals surface area (Å²) in [6.45, 7) is 5.00. The molecule has 5 heteroatoms. The molecule has 1 N–H and O–H groups in total. The van der Waals surface area contributed by atoms with Crippen molar-refractivity contribution in [2.24, 2.45) is 5.41 Å². The normalized spacial score (nSPS) is 19.9. The lowest BCUT2D eigenvalue weighted by Crippen LogP contribution is -2.42. The molecule has 1 saturated carbocycles. The Morgan fingerprint density at radius 3 is 2.31 bits per heavy atom. The second-order valence-electron chi connectivity index (χ2n) is 4.93. The standard InChI is InChI=1S/C11H20F3NS/c1-9(2)15-8-10(4-3-5-10)6-7-16-11(12,13)14/h9,15H,3-8H2,1-2H3. The number of hydrogen-bond acceptors (Lipinski definition) is 2. The van der Waals surface area contributed by atoms with Crippen LogP contribution in [-0.2, 0) is 0 Å². The topological polar surface area (TPSA) is 12.0 Å². The molecular formula is C11H20F3NS. The fourth-order valence-corrected chi connectivity index (χ4v) is 2.76. The predicted molar refractivity (Wildman–Crippen MR) is 62.6 cm³/mol. The Bertz CT molecular complexity index is 212. The third-order valence-corrected chi connectivity index (χ3v) is 3.93. The molecule has 0 spiro atoms. The van der Waals surface area contributed by atoms with Crippen LogP contribution in [0.5, 0.6) is 0 Å². The van der Waals surface area contributed by atoms with Gasteiger partial charge in [0.25, 0.3) is 0 Å². The minimum atomic E-state index is -4.07. The van der Waals surface area contributed by atoms with E-state index in [0.717, 1.165) is 25.8 Å². The maximum absolute atomic E-state index is 12.0. The Morgan fingerprint density at radius 2 is 1.94 bits per heavy atom. The molecule has 0 unspecified atom stereocenters. The fraction of sp³-hybridized carbons (Fsp3) is 1.00. The SMILES string of the molecule is CC(C)NCC1(CCSC(F)(F)F)CCC1. The summed E-state index contributed by atoms with van der Waals surface area (Å²) >= 11 is 0.116. The molecule has 0 amide bonds. The zero-order chi connectivity index (χ0) is 12.2. The number of alkyl halides is 3. The van der Waals surface area contributed by atoms with Crippen molar-refractivity contribution in [2.75, 3.05) is 12.3 Å². The van der Waals surface area contributed by atoms with Crippen LogP contribution in [0.1, 0.15) is 39.5 Å². The van der Waals surface area contributed by atoms with E-state index in [4.69, 9.17) is 0 Å². The van der Waals surface area contributed by atoms with Crippen LogP contribution in [0.2, 0.25) is 0 Å². The Balaban J connectivity index is 2.25. The van der Waals surface area contributed by atoms with E-state index in [1.54, 1.807) is 0 Å². The van der Waals surface area contributed by atoms with E-state index < -0.39 is 5.51 Å². The van der Waals surface area contributed by atoms with E-state index in [1.165, 1.54) is 0 Å². The van der Waals surface area contributed by atoms with E-state index in [0.29, 0.717) is 12.5 Å². The van der Waals surface area contributed by atoms with Gasteiger partial charge in [0.2, 0.25) is 0 Å². The lowest BCUT2D eigenvalue weighted by atomic mass is 9.67. The van der Waals surface area contributed by atoms with E-state index in [9.17, 15) is 13.2 Å². The summed E-state index contributed by atoms with van der Waals surface area (Å²) in [7, 11) is 0. The number of thioether (sulfide) groups is 1. The first-order valence-electron chi connectivity index (χ1n) is 5.77. The summed E-state index contributed by atoms with van der Waals surface area (Å²) in [6, 6.07) is 0.410. The molecule has 1 fully saturated rings. The fourth-order valence-electron chi connectivity index (χ4n) is 2.00. The molecule has 0 aromatic rings. The van der Waals surface area contributed by atoms with Gasteiger partial charge in [0.1, 0.15) is 0 Å². The van der Waals surface area contributed by atoms with Crippen molar-refractivity contribution in [3.05, 3.63) is 0 Å². The maximum atomic E-state index is 12.0. The van der Waals surface area contributed by atoms with Crippen molar-refractivity contribution in [1.29, 1.82) is 0 Å². The molecule has 0 heterocycles. The van der Waals surface area contributed by atoms with Crippen LogP contribution < -0.4 is 5.32 Å². The molecule has 0 saturated heterocycles. The molecule has 0 aromatic carbocycles. The molecule has 96 valence electrons. The Labute approximate surface area is 99.6 Å². The van der Waals surface area contributed by atoms with Gasteiger partial charge in [-0.05, 0) is 24.7 Å². The molecule has 1 aliphatic rings. The van der Waals surface area contributed by atoms with Crippen molar-refractivity contribution >= 4 is 11.8 Å². The first-order valence-corrected chi connectivity index (χ1v) is 6.76. The monoisotopic (exact) mass is 255 g/mol. The van der Waals surface area contributed by atoms with Crippen LogP contribution >= 0.6 is 11.8 Å². The number of halogens is 3. The maximum Gasteiger partial charge on any atom is 0.441 e. The van der Waals surface area contributed by atoms with Crippen LogP contribution in [0.4, 0.5) is 13.2 Å². The van der Waals surface area contributed by atoms with Crippen LogP contribution in [0.15, 0.2) is 0 Å².